The zero-order valence-electron chi connectivity index (χ0n) is 15.3. The highest BCUT2D eigenvalue weighted by Crippen LogP contribution is 2.09. The van der Waals surface area contributed by atoms with Gasteiger partial charge in [0, 0.05) is 36.9 Å². The van der Waals surface area contributed by atoms with Crippen molar-refractivity contribution in [1.82, 2.24) is 20.4 Å². The van der Waals surface area contributed by atoms with Crippen LogP contribution >= 0.6 is 11.6 Å². The normalized spacial score (nSPS) is 11.6. The lowest BCUT2D eigenvalue weighted by molar-refractivity contribution is 0.567. The summed E-state index contributed by atoms with van der Waals surface area (Å²) >= 11 is 5.91. The summed E-state index contributed by atoms with van der Waals surface area (Å²) < 4.78 is 2.05. The Morgan fingerprint density at radius 3 is 2.60 bits per heavy atom. The number of nitrogens with one attached hydrogen (secondary N) is 2. The number of aromatic nitrogens is 2. The van der Waals surface area contributed by atoms with Gasteiger partial charge in [0.05, 0.1) is 5.69 Å². The molecule has 2 aromatic rings. The fraction of sp³-hybridized carbons (Fsp3) is 0.474. The van der Waals surface area contributed by atoms with E-state index >= 15 is 0 Å². The predicted molar refractivity (Wildman–Crippen MR) is 105 cm³/mol. The Morgan fingerprint density at radius 1 is 1.20 bits per heavy atom. The average molecular weight is 362 g/mol. The SMILES string of the molecule is CCNC(=NCCCn1nc(C)cc1C)NCCc1ccc(Cl)cc1. The van der Waals surface area contributed by atoms with Crippen LogP contribution in [-0.4, -0.2) is 35.4 Å². The molecular formula is C19H28ClN5. The molecule has 0 bridgehead atoms. The van der Waals surface area contributed by atoms with E-state index < -0.39 is 0 Å². The lowest BCUT2D eigenvalue weighted by Gasteiger charge is -2.11. The molecule has 0 fully saturated rings. The van der Waals surface area contributed by atoms with Crippen LogP contribution in [-0.2, 0) is 13.0 Å². The van der Waals surface area contributed by atoms with Gasteiger partial charge in [0.25, 0.3) is 0 Å². The largest absolute Gasteiger partial charge is 0.357 e. The van der Waals surface area contributed by atoms with Crippen molar-refractivity contribution in [3.8, 4) is 0 Å². The van der Waals surface area contributed by atoms with Crippen LogP contribution in [0.15, 0.2) is 35.3 Å². The molecule has 0 aliphatic carbocycles. The van der Waals surface area contributed by atoms with Gasteiger partial charge in [-0.05, 0) is 57.4 Å². The molecule has 0 aliphatic heterocycles. The Balaban J connectivity index is 1.75. The van der Waals surface area contributed by atoms with Gasteiger partial charge < -0.3 is 10.6 Å². The molecule has 6 heteroatoms. The first-order valence-electron chi connectivity index (χ1n) is 8.86. The molecule has 0 spiro atoms. The predicted octanol–water partition coefficient (Wildman–Crippen LogP) is 3.34. The zero-order chi connectivity index (χ0) is 18.1. The van der Waals surface area contributed by atoms with Crippen LogP contribution in [0, 0.1) is 13.8 Å². The van der Waals surface area contributed by atoms with Gasteiger partial charge in [-0.15, -0.1) is 0 Å². The van der Waals surface area contributed by atoms with Gasteiger partial charge >= 0.3 is 0 Å². The minimum Gasteiger partial charge on any atom is -0.357 e. The number of benzene rings is 1. The van der Waals surface area contributed by atoms with Crippen LogP contribution in [0.25, 0.3) is 0 Å². The van der Waals surface area contributed by atoms with E-state index in [-0.39, 0.29) is 0 Å². The number of hydrogen-bond donors (Lipinski definition) is 2. The highest BCUT2D eigenvalue weighted by Gasteiger charge is 2.01. The Morgan fingerprint density at radius 2 is 1.96 bits per heavy atom. The van der Waals surface area contributed by atoms with Crippen LogP contribution < -0.4 is 10.6 Å². The molecule has 5 nitrogen and oxygen atoms in total. The van der Waals surface area contributed by atoms with Crippen molar-refractivity contribution in [1.29, 1.82) is 0 Å². The van der Waals surface area contributed by atoms with Crippen molar-refractivity contribution in [3.63, 3.8) is 0 Å². The fourth-order valence-electron chi connectivity index (χ4n) is 2.63. The Bertz CT molecular complexity index is 676. The van der Waals surface area contributed by atoms with Crippen LogP contribution in [0.3, 0.4) is 0 Å². The number of nitrogens with zero attached hydrogens (tertiary/aromatic N) is 3. The van der Waals surface area contributed by atoms with Gasteiger partial charge in [0.15, 0.2) is 5.96 Å². The summed E-state index contributed by atoms with van der Waals surface area (Å²) in [6.07, 6.45) is 1.91. The fourth-order valence-corrected chi connectivity index (χ4v) is 2.76. The van der Waals surface area contributed by atoms with Crippen LogP contribution in [0.4, 0.5) is 0 Å². The van der Waals surface area contributed by atoms with Crippen molar-refractivity contribution in [2.24, 2.45) is 4.99 Å². The molecule has 136 valence electrons. The first-order chi connectivity index (χ1) is 12.1. The van der Waals surface area contributed by atoms with E-state index in [1.807, 2.05) is 23.7 Å². The molecule has 0 aliphatic rings. The Hall–Kier alpha value is -2.01. The number of aryl methyl sites for hydroxylation is 3. The summed E-state index contributed by atoms with van der Waals surface area (Å²) in [5, 5.41) is 11.9. The van der Waals surface area contributed by atoms with E-state index in [1.165, 1.54) is 11.3 Å². The number of guanidine groups is 1. The first kappa shape index (κ1) is 19.3. The highest BCUT2D eigenvalue weighted by molar-refractivity contribution is 6.30. The minimum absolute atomic E-state index is 0.772. The van der Waals surface area contributed by atoms with Crippen molar-refractivity contribution in [2.45, 2.75) is 40.2 Å². The van der Waals surface area contributed by atoms with Crippen LogP contribution in [0.1, 0.15) is 30.3 Å². The lowest BCUT2D eigenvalue weighted by atomic mass is 10.1. The van der Waals surface area contributed by atoms with E-state index in [4.69, 9.17) is 11.6 Å². The van der Waals surface area contributed by atoms with Crippen molar-refractivity contribution in [3.05, 3.63) is 52.3 Å². The second kappa shape index (κ2) is 10.1. The van der Waals surface area contributed by atoms with Gasteiger partial charge in [0.1, 0.15) is 0 Å². The number of hydrogen-bond acceptors (Lipinski definition) is 2. The lowest BCUT2D eigenvalue weighted by Crippen LogP contribution is -2.38. The summed E-state index contributed by atoms with van der Waals surface area (Å²) in [4.78, 5) is 4.64. The summed E-state index contributed by atoms with van der Waals surface area (Å²) in [5.74, 6) is 0.866. The number of rotatable bonds is 8. The van der Waals surface area contributed by atoms with Crippen LogP contribution in [0.5, 0.6) is 0 Å². The second-order valence-corrected chi connectivity index (χ2v) is 6.50. The third-order valence-electron chi connectivity index (χ3n) is 3.86. The number of aliphatic imine (C=N–C) groups is 1. The quantitative estimate of drug-likeness (QED) is 0.430. The summed E-state index contributed by atoms with van der Waals surface area (Å²) in [5.41, 5.74) is 3.53. The molecule has 0 saturated heterocycles. The maximum atomic E-state index is 5.91. The minimum atomic E-state index is 0.772. The molecule has 2 rings (SSSR count). The van der Waals surface area contributed by atoms with E-state index in [2.05, 4.69) is 52.8 Å². The monoisotopic (exact) mass is 361 g/mol. The van der Waals surface area contributed by atoms with Crippen molar-refractivity contribution < 1.29 is 0 Å². The van der Waals surface area contributed by atoms with E-state index in [9.17, 15) is 0 Å². The summed E-state index contributed by atoms with van der Waals surface area (Å²) in [7, 11) is 0. The first-order valence-corrected chi connectivity index (χ1v) is 9.24. The Kier molecular flexibility index (Phi) is 7.79. The average Bonchev–Trinajstić information content (AvgIpc) is 2.91. The summed E-state index contributed by atoms with van der Waals surface area (Å²) in [6.45, 7) is 9.55. The molecule has 25 heavy (non-hydrogen) atoms. The van der Waals surface area contributed by atoms with Crippen LogP contribution in [0.2, 0.25) is 5.02 Å². The molecule has 0 unspecified atom stereocenters. The van der Waals surface area contributed by atoms with Gasteiger partial charge in [-0.3, -0.25) is 9.67 Å². The van der Waals surface area contributed by atoms with Gasteiger partial charge in [-0.25, -0.2) is 0 Å². The maximum Gasteiger partial charge on any atom is 0.191 e. The topological polar surface area (TPSA) is 54.2 Å². The third-order valence-corrected chi connectivity index (χ3v) is 4.12. The molecule has 1 aromatic carbocycles. The standard InChI is InChI=1S/C19H28ClN5/c1-4-21-19(23-12-10-17-6-8-18(20)9-7-17)22-11-5-13-25-16(3)14-15(2)24-25/h6-9,14H,4-5,10-13H2,1-3H3,(H2,21,22,23). The van der Waals surface area contributed by atoms with Crippen molar-refractivity contribution in [2.75, 3.05) is 19.6 Å². The Labute approximate surface area is 155 Å². The van der Waals surface area contributed by atoms with Gasteiger partial charge in [-0.2, -0.15) is 5.10 Å². The van der Waals surface area contributed by atoms with Gasteiger partial charge in [-0.1, -0.05) is 23.7 Å². The maximum absolute atomic E-state index is 5.91. The molecule has 2 N–H and O–H groups in total. The zero-order valence-corrected chi connectivity index (χ0v) is 16.1. The smallest absolute Gasteiger partial charge is 0.191 e. The van der Waals surface area contributed by atoms with E-state index in [0.29, 0.717) is 0 Å². The second-order valence-electron chi connectivity index (χ2n) is 6.07. The molecule has 0 saturated carbocycles. The van der Waals surface area contributed by atoms with Gasteiger partial charge in [0.2, 0.25) is 0 Å². The molecule has 0 atom stereocenters. The van der Waals surface area contributed by atoms with E-state index in [1.54, 1.807) is 0 Å². The van der Waals surface area contributed by atoms with Crippen molar-refractivity contribution >= 4 is 17.6 Å². The number of halogens is 1. The highest BCUT2D eigenvalue weighted by atomic mass is 35.5. The molecule has 1 heterocycles. The molecule has 0 radical (unpaired) electrons. The van der Waals surface area contributed by atoms with E-state index in [0.717, 1.165) is 55.7 Å². The molecule has 0 amide bonds. The molecule has 1 aromatic heterocycles. The third kappa shape index (κ3) is 6.78. The summed E-state index contributed by atoms with van der Waals surface area (Å²) in [6, 6.07) is 10.1. The molecular weight excluding hydrogens is 334 g/mol.